The summed E-state index contributed by atoms with van der Waals surface area (Å²) in [5.41, 5.74) is 1.60. The van der Waals surface area contributed by atoms with E-state index in [1.165, 1.54) is 18.8 Å². The van der Waals surface area contributed by atoms with Crippen molar-refractivity contribution in [3.05, 3.63) is 64.9 Å². The summed E-state index contributed by atoms with van der Waals surface area (Å²) in [6.07, 6.45) is -1.05. The third kappa shape index (κ3) is 4.72. The van der Waals surface area contributed by atoms with Crippen molar-refractivity contribution in [3.63, 3.8) is 0 Å². The van der Waals surface area contributed by atoms with Crippen LogP contribution in [0, 0.1) is 6.92 Å². The third-order valence-corrected chi connectivity index (χ3v) is 4.33. The summed E-state index contributed by atoms with van der Waals surface area (Å²) in [5, 5.41) is 11.4. The molecule has 0 fully saturated rings. The first-order chi connectivity index (χ1) is 13.9. The highest BCUT2D eigenvalue weighted by Gasteiger charge is 2.24. The second-order valence-electron chi connectivity index (χ2n) is 6.15. The molecule has 29 heavy (non-hydrogen) atoms. The molecular weight excluding hydrogens is 396 g/mol. The fourth-order valence-corrected chi connectivity index (χ4v) is 2.76. The number of hydrogen-bond acceptors (Lipinski definition) is 6. The van der Waals surface area contributed by atoms with Crippen molar-refractivity contribution in [2.75, 3.05) is 12.4 Å². The maximum atomic E-state index is 12.5. The predicted octanol–water partition coefficient (Wildman–Crippen LogP) is 3.42. The molecule has 0 aliphatic rings. The van der Waals surface area contributed by atoms with E-state index in [4.69, 9.17) is 21.1 Å². The van der Waals surface area contributed by atoms with Crippen LogP contribution < -0.4 is 10.1 Å². The number of carbonyl (C=O) groups excluding carboxylic acids is 2. The first kappa shape index (κ1) is 20.3. The number of methoxy groups -OCH3 is 1. The van der Waals surface area contributed by atoms with Crippen molar-refractivity contribution in [3.8, 4) is 11.4 Å². The molecule has 1 heterocycles. The number of esters is 1. The zero-order valence-corrected chi connectivity index (χ0v) is 16.8. The molecule has 1 amide bonds. The second kappa shape index (κ2) is 8.74. The van der Waals surface area contributed by atoms with Crippen LogP contribution in [-0.2, 0) is 9.53 Å². The molecule has 0 radical (unpaired) electrons. The summed E-state index contributed by atoms with van der Waals surface area (Å²) in [6.45, 7) is 3.11. The van der Waals surface area contributed by atoms with Crippen LogP contribution in [0.1, 0.15) is 23.1 Å². The summed E-state index contributed by atoms with van der Waals surface area (Å²) < 4.78 is 10.3. The fourth-order valence-electron chi connectivity index (χ4n) is 2.50. The number of halogens is 1. The standard InChI is InChI=1S/C20H19ClN4O4/c1-12-18(24-25(23-12)15-7-5-4-6-8-15)20(27)29-13(2)19(26)22-14-9-10-17(28-3)16(21)11-14/h4-11,13H,1-3H3,(H,22,26)/t13-/m0/s1. The van der Waals surface area contributed by atoms with Crippen molar-refractivity contribution in [1.29, 1.82) is 0 Å². The van der Waals surface area contributed by atoms with E-state index in [0.717, 1.165) is 0 Å². The number of rotatable bonds is 6. The topological polar surface area (TPSA) is 95.3 Å². The molecule has 8 nitrogen and oxygen atoms in total. The molecule has 2 aromatic carbocycles. The minimum absolute atomic E-state index is 0.0426. The lowest BCUT2D eigenvalue weighted by molar-refractivity contribution is -0.123. The zero-order valence-electron chi connectivity index (χ0n) is 16.0. The van der Waals surface area contributed by atoms with Crippen molar-refractivity contribution in [2.45, 2.75) is 20.0 Å². The number of benzene rings is 2. The zero-order chi connectivity index (χ0) is 21.0. The number of hydrogen-bond donors (Lipinski definition) is 1. The van der Waals surface area contributed by atoms with Gasteiger partial charge in [0, 0.05) is 5.69 Å². The Morgan fingerprint density at radius 3 is 2.52 bits per heavy atom. The molecule has 3 rings (SSSR count). The van der Waals surface area contributed by atoms with Crippen LogP contribution in [0.25, 0.3) is 5.69 Å². The van der Waals surface area contributed by atoms with Gasteiger partial charge in [0.25, 0.3) is 5.91 Å². The van der Waals surface area contributed by atoms with Gasteiger partial charge in [-0.25, -0.2) is 4.79 Å². The SMILES string of the molecule is COc1ccc(NC(=O)[C@H](C)OC(=O)c2nn(-c3ccccc3)nc2C)cc1Cl. The first-order valence-electron chi connectivity index (χ1n) is 8.73. The van der Waals surface area contributed by atoms with Crippen molar-refractivity contribution < 1.29 is 19.1 Å². The third-order valence-electron chi connectivity index (χ3n) is 4.04. The van der Waals surface area contributed by atoms with Gasteiger partial charge < -0.3 is 14.8 Å². The number of aromatic nitrogens is 3. The highest BCUT2D eigenvalue weighted by atomic mass is 35.5. The van der Waals surface area contributed by atoms with Gasteiger partial charge in [0.2, 0.25) is 0 Å². The molecule has 0 saturated heterocycles. The van der Waals surface area contributed by atoms with Gasteiger partial charge >= 0.3 is 5.97 Å². The summed E-state index contributed by atoms with van der Waals surface area (Å²) in [4.78, 5) is 26.2. The molecular formula is C20H19ClN4O4. The van der Waals surface area contributed by atoms with Gasteiger partial charge in [0.15, 0.2) is 11.8 Å². The van der Waals surface area contributed by atoms with Gasteiger partial charge in [-0.15, -0.1) is 5.10 Å². The van der Waals surface area contributed by atoms with E-state index >= 15 is 0 Å². The minimum atomic E-state index is -1.05. The molecule has 9 heteroatoms. The lowest BCUT2D eigenvalue weighted by Crippen LogP contribution is -2.30. The summed E-state index contributed by atoms with van der Waals surface area (Å²) in [6, 6.07) is 14.0. The number of anilines is 1. The summed E-state index contributed by atoms with van der Waals surface area (Å²) in [7, 11) is 1.50. The Bertz CT molecular complexity index is 1040. The molecule has 3 aromatic rings. The minimum Gasteiger partial charge on any atom is -0.495 e. The van der Waals surface area contributed by atoms with Gasteiger partial charge in [-0.3, -0.25) is 4.79 Å². The van der Waals surface area contributed by atoms with E-state index < -0.39 is 18.0 Å². The summed E-state index contributed by atoms with van der Waals surface area (Å²) in [5.74, 6) is -0.756. The number of ether oxygens (including phenoxy) is 2. The molecule has 0 saturated carbocycles. The Morgan fingerprint density at radius 1 is 1.14 bits per heavy atom. The predicted molar refractivity (Wildman–Crippen MR) is 108 cm³/mol. The monoisotopic (exact) mass is 414 g/mol. The molecule has 0 aliphatic heterocycles. The van der Waals surface area contributed by atoms with Gasteiger partial charge in [-0.1, -0.05) is 29.8 Å². The van der Waals surface area contributed by atoms with Gasteiger partial charge in [0.1, 0.15) is 5.75 Å². The molecule has 1 atom stereocenters. The highest BCUT2D eigenvalue weighted by Crippen LogP contribution is 2.27. The number of carbonyl (C=O) groups is 2. The highest BCUT2D eigenvalue weighted by molar-refractivity contribution is 6.32. The van der Waals surface area contributed by atoms with E-state index in [1.54, 1.807) is 25.1 Å². The molecule has 0 unspecified atom stereocenters. The van der Waals surface area contributed by atoms with Crippen molar-refractivity contribution in [2.24, 2.45) is 0 Å². The maximum Gasteiger partial charge on any atom is 0.361 e. The Morgan fingerprint density at radius 2 is 1.86 bits per heavy atom. The number of nitrogens with one attached hydrogen (secondary N) is 1. The van der Waals surface area contributed by atoms with Crippen LogP contribution in [0.15, 0.2) is 48.5 Å². The summed E-state index contributed by atoms with van der Waals surface area (Å²) >= 11 is 6.05. The second-order valence-corrected chi connectivity index (χ2v) is 6.55. The smallest absolute Gasteiger partial charge is 0.361 e. The van der Waals surface area contributed by atoms with Crippen molar-refractivity contribution >= 4 is 29.2 Å². The molecule has 0 aliphatic carbocycles. The maximum absolute atomic E-state index is 12.5. The molecule has 150 valence electrons. The van der Waals surface area contributed by atoms with Crippen LogP contribution in [0.4, 0.5) is 5.69 Å². The first-order valence-corrected chi connectivity index (χ1v) is 9.11. The fraction of sp³-hybridized carbons (Fsp3) is 0.200. The Kier molecular flexibility index (Phi) is 6.13. The van der Waals surface area contributed by atoms with Gasteiger partial charge in [0.05, 0.1) is 23.5 Å². The van der Waals surface area contributed by atoms with E-state index in [2.05, 4.69) is 15.5 Å². The number of para-hydroxylation sites is 1. The number of amides is 1. The van der Waals surface area contributed by atoms with Crippen LogP contribution in [0.2, 0.25) is 5.02 Å². The van der Waals surface area contributed by atoms with Crippen LogP contribution in [0.5, 0.6) is 5.75 Å². The van der Waals surface area contributed by atoms with E-state index in [-0.39, 0.29) is 5.69 Å². The Hall–Kier alpha value is -3.39. The Balaban J connectivity index is 1.66. The van der Waals surface area contributed by atoms with E-state index in [0.29, 0.717) is 27.8 Å². The van der Waals surface area contributed by atoms with Crippen LogP contribution in [0.3, 0.4) is 0 Å². The molecule has 0 spiro atoms. The average molecular weight is 415 g/mol. The lowest BCUT2D eigenvalue weighted by atomic mass is 10.2. The van der Waals surface area contributed by atoms with Crippen molar-refractivity contribution in [1.82, 2.24) is 15.0 Å². The lowest BCUT2D eigenvalue weighted by Gasteiger charge is -2.13. The van der Waals surface area contributed by atoms with E-state index in [1.807, 2.05) is 30.3 Å². The number of nitrogens with zero attached hydrogens (tertiary/aromatic N) is 3. The van der Waals surface area contributed by atoms with Crippen LogP contribution >= 0.6 is 11.6 Å². The molecule has 0 bridgehead atoms. The van der Waals surface area contributed by atoms with Gasteiger partial charge in [-0.05, 0) is 44.2 Å². The number of aryl methyl sites for hydroxylation is 1. The Labute approximate surface area is 172 Å². The molecule has 1 N–H and O–H groups in total. The normalized spacial score (nSPS) is 11.6. The largest absolute Gasteiger partial charge is 0.495 e. The van der Waals surface area contributed by atoms with Gasteiger partial charge in [-0.2, -0.15) is 9.90 Å². The molecule has 1 aromatic heterocycles. The van der Waals surface area contributed by atoms with E-state index in [9.17, 15) is 9.59 Å². The average Bonchev–Trinajstić information content (AvgIpc) is 3.10. The quantitative estimate of drug-likeness (QED) is 0.621. The van der Waals surface area contributed by atoms with Crippen LogP contribution in [-0.4, -0.2) is 40.1 Å².